The van der Waals surface area contributed by atoms with Crippen molar-refractivity contribution in [2.45, 2.75) is 13.1 Å². The smallest absolute Gasteiger partial charge is 0.410 e. The minimum atomic E-state index is -0.884. The molecule has 0 aliphatic heterocycles. The number of nitrogens with zero attached hydrogens (tertiary/aromatic N) is 2. The van der Waals surface area contributed by atoms with Gasteiger partial charge in [0, 0.05) is 31.4 Å². The summed E-state index contributed by atoms with van der Waals surface area (Å²) in [5, 5.41) is 6.78. The Morgan fingerprint density at radius 2 is 1.55 bits per heavy atom. The molecule has 0 atom stereocenters. The van der Waals surface area contributed by atoms with Gasteiger partial charge in [-0.25, -0.2) is 4.79 Å². The quantitative estimate of drug-likeness (QED) is 0.374. The van der Waals surface area contributed by atoms with Gasteiger partial charge < -0.3 is 15.2 Å². The number of rotatable bonds is 10. The number of carbonyl (C=O) groups excluding carboxylic acids is 1. The molecule has 0 aliphatic carbocycles. The van der Waals surface area contributed by atoms with Crippen LogP contribution in [0.1, 0.15) is 11.1 Å². The van der Waals surface area contributed by atoms with Crippen LogP contribution in [0.4, 0.5) is 4.79 Å². The number of H-pyrrole nitrogens is 1. The van der Waals surface area contributed by atoms with E-state index in [-0.39, 0.29) is 5.75 Å². The molecule has 168 valence electrons. The van der Waals surface area contributed by atoms with E-state index in [1.54, 1.807) is 18.5 Å². The summed E-state index contributed by atoms with van der Waals surface area (Å²) >= 11 is 0. The number of ether oxygens (including phenoxy) is 2. The van der Waals surface area contributed by atoms with Crippen molar-refractivity contribution in [1.82, 2.24) is 15.1 Å². The number of aromatic nitrogens is 2. The molecule has 7 heteroatoms. The second-order valence-electron chi connectivity index (χ2n) is 7.60. The first-order valence-electron chi connectivity index (χ1n) is 10.7. The summed E-state index contributed by atoms with van der Waals surface area (Å²) in [7, 11) is 0. The van der Waals surface area contributed by atoms with Crippen molar-refractivity contribution in [3.05, 3.63) is 102 Å². The zero-order valence-corrected chi connectivity index (χ0v) is 18.2. The molecule has 1 aromatic heterocycles. The van der Waals surface area contributed by atoms with Gasteiger partial charge >= 0.3 is 6.09 Å². The van der Waals surface area contributed by atoms with Crippen LogP contribution in [0.25, 0.3) is 11.1 Å². The average molecular weight is 443 g/mol. The van der Waals surface area contributed by atoms with Crippen molar-refractivity contribution >= 4 is 6.09 Å². The summed E-state index contributed by atoms with van der Waals surface area (Å²) in [6.07, 6.45) is 2.62. The fourth-order valence-electron chi connectivity index (χ4n) is 3.58. The van der Waals surface area contributed by atoms with E-state index >= 15 is 0 Å². The molecule has 0 fully saturated rings. The van der Waals surface area contributed by atoms with Gasteiger partial charge in [0.15, 0.2) is 11.5 Å². The predicted octanol–water partition coefficient (Wildman–Crippen LogP) is 4.62. The lowest BCUT2D eigenvalue weighted by atomic mass is 10.1. The van der Waals surface area contributed by atoms with Crippen molar-refractivity contribution in [3.8, 4) is 22.6 Å². The SMILES string of the molecule is NC(=O)Oc1ccc(-c2cn[nH]c2)cc1OCCN(Cc1ccccc1)Cc1ccccc1. The van der Waals surface area contributed by atoms with Crippen LogP contribution in [0, 0.1) is 0 Å². The van der Waals surface area contributed by atoms with Gasteiger partial charge in [-0.05, 0) is 28.8 Å². The molecule has 0 bridgehead atoms. The zero-order valence-electron chi connectivity index (χ0n) is 18.2. The van der Waals surface area contributed by atoms with Crippen LogP contribution in [-0.4, -0.2) is 34.3 Å². The van der Waals surface area contributed by atoms with Crippen LogP contribution in [-0.2, 0) is 13.1 Å². The zero-order chi connectivity index (χ0) is 22.9. The number of primary amides is 1. The van der Waals surface area contributed by atoms with Gasteiger partial charge in [-0.3, -0.25) is 10.00 Å². The van der Waals surface area contributed by atoms with E-state index in [0.717, 1.165) is 24.2 Å². The van der Waals surface area contributed by atoms with Crippen LogP contribution in [0.2, 0.25) is 0 Å². The Morgan fingerprint density at radius 1 is 0.879 bits per heavy atom. The molecule has 0 unspecified atom stereocenters. The lowest BCUT2D eigenvalue weighted by Gasteiger charge is -2.23. The highest BCUT2D eigenvalue weighted by Gasteiger charge is 2.13. The van der Waals surface area contributed by atoms with Gasteiger partial charge in [-0.15, -0.1) is 0 Å². The number of benzene rings is 3. The lowest BCUT2D eigenvalue weighted by molar-refractivity contribution is 0.188. The Balaban J connectivity index is 1.48. The molecule has 7 nitrogen and oxygen atoms in total. The topological polar surface area (TPSA) is 93.5 Å². The van der Waals surface area contributed by atoms with E-state index in [1.807, 2.05) is 48.5 Å². The molecule has 4 rings (SSSR count). The highest BCUT2D eigenvalue weighted by molar-refractivity contribution is 5.71. The molecule has 4 aromatic rings. The van der Waals surface area contributed by atoms with Crippen molar-refractivity contribution in [2.75, 3.05) is 13.2 Å². The number of aromatic amines is 1. The van der Waals surface area contributed by atoms with Crippen LogP contribution in [0.5, 0.6) is 11.5 Å². The Bertz CT molecular complexity index is 1110. The molecule has 0 saturated carbocycles. The normalized spacial score (nSPS) is 10.8. The second kappa shape index (κ2) is 11.0. The van der Waals surface area contributed by atoms with Gasteiger partial charge in [0.2, 0.25) is 0 Å². The molecular weight excluding hydrogens is 416 g/mol. The summed E-state index contributed by atoms with van der Waals surface area (Å²) in [5.41, 5.74) is 9.49. The third-order valence-corrected chi connectivity index (χ3v) is 5.15. The van der Waals surface area contributed by atoms with Gasteiger partial charge in [0.25, 0.3) is 0 Å². The first-order valence-corrected chi connectivity index (χ1v) is 10.7. The van der Waals surface area contributed by atoms with E-state index in [4.69, 9.17) is 15.2 Å². The molecule has 0 radical (unpaired) electrons. The van der Waals surface area contributed by atoms with Crippen molar-refractivity contribution in [1.29, 1.82) is 0 Å². The molecule has 3 aromatic carbocycles. The second-order valence-corrected chi connectivity index (χ2v) is 7.60. The Kier molecular flexibility index (Phi) is 7.35. The summed E-state index contributed by atoms with van der Waals surface area (Å²) in [4.78, 5) is 13.7. The summed E-state index contributed by atoms with van der Waals surface area (Å²) < 4.78 is 11.2. The number of amides is 1. The minimum absolute atomic E-state index is 0.285. The first kappa shape index (κ1) is 22.1. The lowest BCUT2D eigenvalue weighted by Crippen LogP contribution is -2.28. The van der Waals surface area contributed by atoms with Crippen molar-refractivity contribution < 1.29 is 14.3 Å². The fraction of sp³-hybridized carbons (Fsp3) is 0.154. The van der Waals surface area contributed by atoms with Gasteiger partial charge in [0.1, 0.15) is 6.61 Å². The van der Waals surface area contributed by atoms with Crippen LogP contribution in [0.3, 0.4) is 0 Å². The Morgan fingerprint density at radius 3 is 2.12 bits per heavy atom. The van der Waals surface area contributed by atoms with Crippen LogP contribution in [0.15, 0.2) is 91.3 Å². The van der Waals surface area contributed by atoms with Crippen molar-refractivity contribution in [2.24, 2.45) is 5.73 Å². The molecule has 0 aliphatic rings. The first-order chi connectivity index (χ1) is 16.2. The average Bonchev–Trinajstić information content (AvgIpc) is 3.36. The minimum Gasteiger partial charge on any atom is -0.488 e. The number of nitrogens with two attached hydrogens (primary N) is 1. The highest BCUT2D eigenvalue weighted by Crippen LogP contribution is 2.32. The molecular formula is C26H26N4O3. The van der Waals surface area contributed by atoms with Gasteiger partial charge in [0.05, 0.1) is 6.20 Å². The number of hydrogen-bond donors (Lipinski definition) is 2. The Hall–Kier alpha value is -4.10. The maximum atomic E-state index is 11.3. The third kappa shape index (κ3) is 6.44. The third-order valence-electron chi connectivity index (χ3n) is 5.15. The monoisotopic (exact) mass is 442 g/mol. The molecule has 0 saturated heterocycles. The van der Waals surface area contributed by atoms with E-state index in [1.165, 1.54) is 11.1 Å². The summed E-state index contributed by atoms with van der Waals surface area (Å²) in [5.74, 6) is 0.735. The van der Waals surface area contributed by atoms with E-state index < -0.39 is 6.09 Å². The Labute approximate surface area is 192 Å². The van der Waals surface area contributed by atoms with E-state index in [2.05, 4.69) is 39.4 Å². The van der Waals surface area contributed by atoms with Crippen molar-refractivity contribution in [3.63, 3.8) is 0 Å². The maximum absolute atomic E-state index is 11.3. The molecule has 1 amide bonds. The van der Waals surface area contributed by atoms with Gasteiger partial charge in [-0.2, -0.15) is 5.10 Å². The van der Waals surface area contributed by atoms with E-state index in [9.17, 15) is 4.79 Å². The van der Waals surface area contributed by atoms with Crippen LogP contribution < -0.4 is 15.2 Å². The fourth-order valence-corrected chi connectivity index (χ4v) is 3.58. The number of nitrogens with one attached hydrogen (secondary N) is 1. The maximum Gasteiger partial charge on any atom is 0.410 e. The van der Waals surface area contributed by atoms with Crippen LogP contribution >= 0.6 is 0 Å². The standard InChI is InChI=1S/C26H26N4O3/c27-26(31)33-24-12-11-22(23-16-28-29-17-23)15-25(24)32-14-13-30(18-20-7-3-1-4-8-20)19-21-9-5-2-6-10-21/h1-12,15-17H,13-14,18-19H2,(H2,27,31)(H,28,29). The molecule has 1 heterocycles. The predicted molar refractivity (Wildman–Crippen MR) is 127 cm³/mol. The summed E-state index contributed by atoms with van der Waals surface area (Å²) in [6.45, 7) is 2.66. The number of hydrogen-bond acceptors (Lipinski definition) is 5. The molecule has 33 heavy (non-hydrogen) atoms. The highest BCUT2D eigenvalue weighted by atomic mass is 16.6. The summed E-state index contributed by atoms with van der Waals surface area (Å²) in [6, 6.07) is 26.0. The number of carbonyl (C=O) groups is 1. The molecule has 0 spiro atoms. The van der Waals surface area contributed by atoms with E-state index in [0.29, 0.717) is 18.9 Å². The van der Waals surface area contributed by atoms with Gasteiger partial charge in [-0.1, -0.05) is 66.7 Å². The largest absolute Gasteiger partial charge is 0.488 e. The molecule has 3 N–H and O–H groups in total.